The lowest BCUT2D eigenvalue weighted by atomic mass is 10.0. The zero-order valence-corrected chi connectivity index (χ0v) is 11.3. The van der Waals surface area contributed by atoms with Gasteiger partial charge in [0.05, 0.1) is 5.52 Å². The molecular weight excluding hydrogens is 208 g/mol. The molecule has 0 atom stereocenters. The Kier molecular flexibility index (Phi) is 3.25. The van der Waals surface area contributed by atoms with Crippen LogP contribution in [0.1, 0.15) is 28.8 Å². The molecule has 0 bridgehead atoms. The van der Waals surface area contributed by atoms with Gasteiger partial charge in [0.15, 0.2) is 0 Å². The number of hydrogen-bond acceptors (Lipinski definition) is 1. The van der Waals surface area contributed by atoms with Gasteiger partial charge >= 0.3 is 0 Å². The Balaban J connectivity index is 2.67. The van der Waals surface area contributed by atoms with E-state index in [0.717, 1.165) is 19.4 Å². The molecular formula is C15H22N2. The largest absolute Gasteiger partial charge is 0.347 e. The highest BCUT2D eigenvalue weighted by molar-refractivity contribution is 5.88. The Bertz CT molecular complexity index is 550. The normalized spacial score (nSPS) is 11.4. The van der Waals surface area contributed by atoms with Crippen LogP contribution in [0, 0.1) is 20.8 Å². The van der Waals surface area contributed by atoms with Crippen molar-refractivity contribution in [1.82, 2.24) is 4.57 Å². The molecule has 2 heteroatoms. The fraction of sp³-hybridized carbons (Fsp3) is 0.467. The number of aromatic nitrogens is 1. The lowest BCUT2D eigenvalue weighted by Crippen LogP contribution is -2.04. The average Bonchev–Trinajstić information content (AvgIpc) is 2.49. The van der Waals surface area contributed by atoms with Crippen LogP contribution in [-0.2, 0) is 13.5 Å². The summed E-state index contributed by atoms with van der Waals surface area (Å²) in [6.07, 6.45) is 2.13. The van der Waals surface area contributed by atoms with Crippen molar-refractivity contribution >= 4 is 10.9 Å². The third kappa shape index (κ3) is 1.98. The first-order valence-electron chi connectivity index (χ1n) is 6.31. The molecule has 0 saturated carbocycles. The van der Waals surface area contributed by atoms with Gasteiger partial charge in [0, 0.05) is 18.1 Å². The second kappa shape index (κ2) is 4.53. The number of fused-ring (bicyclic) bond motifs is 1. The van der Waals surface area contributed by atoms with Crippen LogP contribution in [-0.4, -0.2) is 11.1 Å². The number of nitrogens with zero attached hydrogens (tertiary/aromatic N) is 1. The summed E-state index contributed by atoms with van der Waals surface area (Å²) in [5.41, 5.74) is 12.5. The van der Waals surface area contributed by atoms with Crippen molar-refractivity contribution in [2.75, 3.05) is 6.54 Å². The highest BCUT2D eigenvalue weighted by Crippen LogP contribution is 2.29. The second-order valence-corrected chi connectivity index (χ2v) is 5.00. The van der Waals surface area contributed by atoms with Gasteiger partial charge in [-0.05, 0) is 57.4 Å². The number of hydrogen-bond donors (Lipinski definition) is 1. The molecule has 0 saturated heterocycles. The van der Waals surface area contributed by atoms with Crippen LogP contribution < -0.4 is 5.73 Å². The Morgan fingerprint density at radius 3 is 2.53 bits per heavy atom. The Labute approximate surface area is 103 Å². The molecule has 2 aromatic rings. The van der Waals surface area contributed by atoms with Gasteiger partial charge in [0.25, 0.3) is 0 Å². The molecule has 2 N–H and O–H groups in total. The van der Waals surface area contributed by atoms with Crippen LogP contribution in [0.5, 0.6) is 0 Å². The number of nitrogens with two attached hydrogens (primary N) is 1. The first-order chi connectivity index (χ1) is 8.06. The Morgan fingerprint density at radius 1 is 1.18 bits per heavy atom. The van der Waals surface area contributed by atoms with Gasteiger partial charge in [-0.25, -0.2) is 0 Å². The van der Waals surface area contributed by atoms with Crippen LogP contribution in [0.4, 0.5) is 0 Å². The lowest BCUT2D eigenvalue weighted by Gasteiger charge is -2.06. The minimum atomic E-state index is 0.763. The van der Waals surface area contributed by atoms with Crippen LogP contribution in [0.15, 0.2) is 12.1 Å². The van der Waals surface area contributed by atoms with Gasteiger partial charge < -0.3 is 10.3 Å². The molecule has 2 rings (SSSR count). The maximum Gasteiger partial charge on any atom is 0.0512 e. The van der Waals surface area contributed by atoms with Crippen molar-refractivity contribution < 1.29 is 0 Å². The van der Waals surface area contributed by atoms with E-state index in [1.54, 1.807) is 0 Å². The minimum Gasteiger partial charge on any atom is -0.347 e. The zero-order valence-electron chi connectivity index (χ0n) is 11.3. The lowest BCUT2D eigenvalue weighted by molar-refractivity contribution is 0.760. The van der Waals surface area contributed by atoms with E-state index >= 15 is 0 Å². The van der Waals surface area contributed by atoms with E-state index in [0.29, 0.717) is 0 Å². The zero-order chi connectivity index (χ0) is 12.6. The van der Waals surface area contributed by atoms with Gasteiger partial charge in [-0.3, -0.25) is 0 Å². The average molecular weight is 230 g/mol. The van der Waals surface area contributed by atoms with E-state index in [9.17, 15) is 0 Å². The molecule has 1 aromatic heterocycles. The van der Waals surface area contributed by atoms with E-state index in [1.807, 2.05) is 0 Å². The van der Waals surface area contributed by atoms with E-state index in [-0.39, 0.29) is 0 Å². The number of benzene rings is 1. The Hall–Kier alpha value is -1.28. The highest BCUT2D eigenvalue weighted by Gasteiger charge is 2.13. The van der Waals surface area contributed by atoms with E-state index in [4.69, 9.17) is 5.73 Å². The summed E-state index contributed by atoms with van der Waals surface area (Å²) < 4.78 is 2.34. The van der Waals surface area contributed by atoms with Crippen LogP contribution in [0.3, 0.4) is 0 Å². The second-order valence-electron chi connectivity index (χ2n) is 5.00. The first-order valence-corrected chi connectivity index (χ1v) is 6.31. The molecule has 0 aliphatic carbocycles. The molecule has 0 aliphatic heterocycles. The van der Waals surface area contributed by atoms with Crippen molar-refractivity contribution in [1.29, 1.82) is 0 Å². The number of aryl methyl sites for hydroxylation is 4. The van der Waals surface area contributed by atoms with Crippen molar-refractivity contribution in [3.8, 4) is 0 Å². The summed E-state index contributed by atoms with van der Waals surface area (Å²) in [4.78, 5) is 0. The van der Waals surface area contributed by atoms with Gasteiger partial charge in [-0.2, -0.15) is 0 Å². The molecule has 0 amide bonds. The summed E-state index contributed by atoms with van der Waals surface area (Å²) in [7, 11) is 2.17. The summed E-state index contributed by atoms with van der Waals surface area (Å²) in [5.74, 6) is 0. The van der Waals surface area contributed by atoms with Crippen molar-refractivity contribution in [3.63, 3.8) is 0 Å². The van der Waals surface area contributed by atoms with E-state index < -0.39 is 0 Å². The van der Waals surface area contributed by atoms with Crippen molar-refractivity contribution in [2.45, 2.75) is 33.6 Å². The fourth-order valence-corrected chi connectivity index (χ4v) is 2.86. The minimum absolute atomic E-state index is 0.763. The van der Waals surface area contributed by atoms with E-state index in [1.165, 1.54) is 33.3 Å². The number of rotatable bonds is 3. The summed E-state index contributed by atoms with van der Waals surface area (Å²) in [5, 5.41) is 1.40. The molecule has 0 aliphatic rings. The molecule has 2 nitrogen and oxygen atoms in total. The fourth-order valence-electron chi connectivity index (χ4n) is 2.86. The van der Waals surface area contributed by atoms with Gasteiger partial charge in [0.1, 0.15) is 0 Å². The topological polar surface area (TPSA) is 30.9 Å². The predicted molar refractivity (Wildman–Crippen MR) is 74.5 cm³/mol. The van der Waals surface area contributed by atoms with Gasteiger partial charge in [-0.15, -0.1) is 0 Å². The quantitative estimate of drug-likeness (QED) is 0.863. The van der Waals surface area contributed by atoms with Crippen LogP contribution >= 0.6 is 0 Å². The maximum atomic E-state index is 5.62. The third-order valence-corrected chi connectivity index (χ3v) is 3.64. The first kappa shape index (κ1) is 12.2. The molecule has 0 fully saturated rings. The molecule has 1 aromatic carbocycles. The SMILES string of the molecule is Cc1cc(C)c2c(c1)c(C)c(CCCN)n2C. The van der Waals surface area contributed by atoms with Gasteiger partial charge in [0.2, 0.25) is 0 Å². The highest BCUT2D eigenvalue weighted by atomic mass is 15.0. The molecule has 0 unspecified atom stereocenters. The summed E-state index contributed by atoms with van der Waals surface area (Å²) in [6.45, 7) is 7.35. The van der Waals surface area contributed by atoms with E-state index in [2.05, 4.69) is 44.5 Å². The van der Waals surface area contributed by atoms with Gasteiger partial charge in [-0.1, -0.05) is 11.6 Å². The maximum absolute atomic E-state index is 5.62. The third-order valence-electron chi connectivity index (χ3n) is 3.64. The smallest absolute Gasteiger partial charge is 0.0512 e. The standard InChI is InChI=1S/C15H22N2/c1-10-8-11(2)15-13(9-10)12(3)14(17(15)4)6-5-7-16/h8-9H,5-7,16H2,1-4H3. The Morgan fingerprint density at radius 2 is 1.88 bits per heavy atom. The van der Waals surface area contributed by atoms with Crippen molar-refractivity contribution in [2.24, 2.45) is 12.8 Å². The molecule has 92 valence electrons. The molecule has 0 spiro atoms. The predicted octanol–water partition coefficient (Wildman–Crippen LogP) is 2.99. The van der Waals surface area contributed by atoms with Crippen LogP contribution in [0.2, 0.25) is 0 Å². The molecule has 17 heavy (non-hydrogen) atoms. The summed E-state index contributed by atoms with van der Waals surface area (Å²) >= 11 is 0. The molecule has 1 heterocycles. The molecule has 0 radical (unpaired) electrons. The van der Waals surface area contributed by atoms with Crippen LogP contribution in [0.25, 0.3) is 10.9 Å². The summed E-state index contributed by atoms with van der Waals surface area (Å²) in [6, 6.07) is 4.55. The van der Waals surface area contributed by atoms with Crippen molar-refractivity contribution in [3.05, 3.63) is 34.5 Å². The monoisotopic (exact) mass is 230 g/mol.